The number of ketones is 1. The molecule has 0 aliphatic heterocycles. The normalized spacial score (nSPS) is 12.5. The zero-order valence-electron chi connectivity index (χ0n) is 20.1. The number of pyridine rings is 1. The van der Waals surface area contributed by atoms with E-state index in [2.05, 4.69) is 0 Å². The van der Waals surface area contributed by atoms with Gasteiger partial charge in [0.1, 0.15) is 34.8 Å². The SMILES string of the molecule is CO[C@H](C)c1nc2c(Cl)c(-c3cccn4c(C(=O)c5cc(F)c(N)c(F)c5)ccc34)c(C)cc2n1C. The van der Waals surface area contributed by atoms with Crippen LogP contribution < -0.4 is 5.73 Å². The number of methoxy groups -OCH3 is 1. The van der Waals surface area contributed by atoms with E-state index < -0.39 is 23.1 Å². The predicted molar refractivity (Wildman–Crippen MR) is 136 cm³/mol. The first kappa shape index (κ1) is 24.0. The summed E-state index contributed by atoms with van der Waals surface area (Å²) < 4.78 is 37.1. The summed E-state index contributed by atoms with van der Waals surface area (Å²) in [7, 11) is 3.55. The molecule has 2 aromatic carbocycles. The molecule has 36 heavy (non-hydrogen) atoms. The van der Waals surface area contributed by atoms with E-state index in [0.29, 0.717) is 16.1 Å². The largest absolute Gasteiger partial charge is 0.394 e. The minimum atomic E-state index is -0.979. The van der Waals surface area contributed by atoms with Crippen molar-refractivity contribution in [3.05, 3.63) is 88.0 Å². The van der Waals surface area contributed by atoms with Crippen molar-refractivity contribution >= 4 is 39.6 Å². The standard InChI is InChI=1S/C27H23ClF2N4O2/c1-13-10-21-25(32-27(33(21)3)14(2)36-4)23(28)22(13)16-6-5-9-34-19(16)7-8-20(34)26(35)15-11-17(29)24(31)18(30)12-15/h5-12,14H,31H2,1-4H3/t14-/m1/s1. The Kier molecular flexibility index (Phi) is 5.81. The Hall–Kier alpha value is -3.75. The van der Waals surface area contributed by atoms with Crippen LogP contribution in [0.1, 0.15) is 40.5 Å². The van der Waals surface area contributed by atoms with Crippen LogP contribution >= 0.6 is 11.6 Å². The summed E-state index contributed by atoms with van der Waals surface area (Å²) in [6.07, 6.45) is 1.50. The van der Waals surface area contributed by atoms with Gasteiger partial charge in [0.15, 0.2) is 0 Å². The molecule has 0 amide bonds. The second-order valence-electron chi connectivity index (χ2n) is 8.74. The lowest BCUT2D eigenvalue weighted by molar-refractivity contribution is 0.103. The van der Waals surface area contributed by atoms with Crippen LogP contribution in [0.25, 0.3) is 27.7 Å². The second-order valence-corrected chi connectivity index (χ2v) is 9.11. The van der Waals surface area contributed by atoms with E-state index in [1.54, 1.807) is 35.9 Å². The summed E-state index contributed by atoms with van der Waals surface area (Å²) in [5.74, 6) is -1.74. The van der Waals surface area contributed by atoms with E-state index in [0.717, 1.165) is 40.2 Å². The molecule has 5 aromatic rings. The smallest absolute Gasteiger partial charge is 0.209 e. The Bertz CT molecular complexity index is 1670. The number of carbonyl (C=O) groups excluding carboxylic acids is 1. The number of ether oxygens (including phenoxy) is 1. The molecule has 0 saturated heterocycles. The number of anilines is 1. The number of carbonyl (C=O) groups is 1. The summed E-state index contributed by atoms with van der Waals surface area (Å²) in [6, 6.07) is 11.0. The summed E-state index contributed by atoms with van der Waals surface area (Å²) in [4.78, 5) is 17.9. The highest BCUT2D eigenvalue weighted by atomic mass is 35.5. The molecule has 0 radical (unpaired) electrons. The fourth-order valence-electron chi connectivity index (χ4n) is 4.62. The van der Waals surface area contributed by atoms with Gasteiger partial charge >= 0.3 is 0 Å². The van der Waals surface area contributed by atoms with Crippen molar-refractivity contribution in [2.24, 2.45) is 7.05 Å². The Morgan fingerprint density at radius 2 is 1.83 bits per heavy atom. The highest BCUT2D eigenvalue weighted by Gasteiger charge is 2.23. The van der Waals surface area contributed by atoms with Gasteiger partial charge in [-0.3, -0.25) is 4.79 Å². The lowest BCUT2D eigenvalue weighted by Gasteiger charge is -2.13. The van der Waals surface area contributed by atoms with Gasteiger partial charge in [-0.05, 0) is 55.8 Å². The monoisotopic (exact) mass is 508 g/mol. The van der Waals surface area contributed by atoms with Gasteiger partial charge in [0.2, 0.25) is 5.78 Å². The van der Waals surface area contributed by atoms with Gasteiger partial charge in [-0.1, -0.05) is 17.7 Å². The molecule has 0 aliphatic rings. The average molecular weight is 509 g/mol. The van der Waals surface area contributed by atoms with Crippen molar-refractivity contribution in [3.63, 3.8) is 0 Å². The minimum absolute atomic E-state index is 0.131. The zero-order valence-corrected chi connectivity index (χ0v) is 20.8. The Morgan fingerprint density at radius 1 is 1.14 bits per heavy atom. The maximum atomic E-state index is 14.0. The van der Waals surface area contributed by atoms with Crippen molar-refractivity contribution in [2.45, 2.75) is 20.0 Å². The number of fused-ring (bicyclic) bond motifs is 2. The van der Waals surface area contributed by atoms with Crippen LogP contribution in [-0.4, -0.2) is 26.8 Å². The van der Waals surface area contributed by atoms with Crippen molar-refractivity contribution in [1.29, 1.82) is 0 Å². The molecule has 0 saturated carbocycles. The van der Waals surface area contributed by atoms with Gasteiger partial charge in [0, 0.05) is 37.0 Å². The number of hydrogen-bond donors (Lipinski definition) is 1. The zero-order chi connectivity index (χ0) is 25.9. The number of nitrogen functional groups attached to an aromatic ring is 1. The first-order valence-electron chi connectivity index (χ1n) is 11.2. The molecular weight excluding hydrogens is 486 g/mol. The number of aromatic nitrogens is 3. The number of nitrogens with two attached hydrogens (primary N) is 1. The van der Waals surface area contributed by atoms with Crippen molar-refractivity contribution in [3.8, 4) is 11.1 Å². The molecule has 0 fully saturated rings. The Labute approximate surface area is 210 Å². The van der Waals surface area contributed by atoms with Crippen molar-refractivity contribution in [1.82, 2.24) is 14.0 Å². The van der Waals surface area contributed by atoms with Crippen LogP contribution in [0.4, 0.5) is 14.5 Å². The number of imidazole rings is 1. The van der Waals surface area contributed by atoms with Crippen LogP contribution in [0, 0.1) is 18.6 Å². The summed E-state index contributed by atoms with van der Waals surface area (Å²) in [5.41, 5.74) is 9.60. The Morgan fingerprint density at radius 3 is 2.50 bits per heavy atom. The van der Waals surface area contributed by atoms with Gasteiger partial charge in [-0.25, -0.2) is 13.8 Å². The maximum absolute atomic E-state index is 14.0. The van der Waals surface area contributed by atoms with Gasteiger partial charge < -0.3 is 19.4 Å². The molecule has 0 aliphatic carbocycles. The van der Waals surface area contributed by atoms with Crippen LogP contribution in [-0.2, 0) is 11.8 Å². The maximum Gasteiger partial charge on any atom is 0.209 e. The third kappa shape index (κ3) is 3.56. The number of nitrogens with zero attached hydrogens (tertiary/aromatic N) is 3. The molecule has 5 rings (SSSR count). The fraction of sp³-hybridized carbons (Fsp3) is 0.185. The first-order valence-corrected chi connectivity index (χ1v) is 11.6. The van der Waals surface area contributed by atoms with Gasteiger partial charge in [0.05, 0.1) is 21.7 Å². The highest BCUT2D eigenvalue weighted by Crippen LogP contribution is 2.40. The molecule has 9 heteroatoms. The number of hydrogen-bond acceptors (Lipinski definition) is 4. The minimum Gasteiger partial charge on any atom is -0.394 e. The number of benzene rings is 2. The molecule has 3 aromatic heterocycles. The topological polar surface area (TPSA) is 74.6 Å². The van der Waals surface area contributed by atoms with Crippen molar-refractivity contribution < 1.29 is 18.3 Å². The lowest BCUT2D eigenvalue weighted by atomic mass is 9.99. The molecule has 3 heterocycles. The second kappa shape index (κ2) is 8.72. The van der Waals surface area contributed by atoms with E-state index in [4.69, 9.17) is 27.1 Å². The lowest BCUT2D eigenvalue weighted by Crippen LogP contribution is -2.08. The Balaban J connectivity index is 1.68. The molecule has 0 unspecified atom stereocenters. The van der Waals surface area contributed by atoms with E-state index in [-0.39, 0.29) is 17.4 Å². The van der Waals surface area contributed by atoms with E-state index in [1.807, 2.05) is 37.6 Å². The van der Waals surface area contributed by atoms with Gasteiger partial charge in [-0.15, -0.1) is 0 Å². The summed E-state index contributed by atoms with van der Waals surface area (Å²) in [6.45, 7) is 3.88. The van der Waals surface area contributed by atoms with Crippen LogP contribution in [0.3, 0.4) is 0 Å². The predicted octanol–water partition coefficient (Wildman–Crippen LogP) is 6.25. The molecular formula is C27H23ClF2N4O2. The molecule has 6 nitrogen and oxygen atoms in total. The molecule has 0 spiro atoms. The third-order valence-electron chi connectivity index (χ3n) is 6.60. The highest BCUT2D eigenvalue weighted by molar-refractivity contribution is 6.38. The quantitative estimate of drug-likeness (QED) is 0.225. The summed E-state index contributed by atoms with van der Waals surface area (Å²) in [5, 5.41) is 0.486. The average Bonchev–Trinajstić information content (AvgIpc) is 3.43. The van der Waals surface area contributed by atoms with Crippen LogP contribution in [0.5, 0.6) is 0 Å². The third-order valence-corrected chi connectivity index (χ3v) is 6.97. The van der Waals surface area contributed by atoms with E-state index >= 15 is 0 Å². The van der Waals surface area contributed by atoms with Crippen LogP contribution in [0.2, 0.25) is 5.02 Å². The van der Waals surface area contributed by atoms with E-state index in [1.165, 1.54) is 0 Å². The first-order chi connectivity index (χ1) is 17.1. The molecule has 1 atom stereocenters. The number of rotatable bonds is 5. The summed E-state index contributed by atoms with van der Waals surface area (Å²) >= 11 is 6.94. The molecule has 184 valence electrons. The molecule has 0 bridgehead atoms. The number of aryl methyl sites for hydroxylation is 2. The van der Waals surface area contributed by atoms with E-state index in [9.17, 15) is 13.6 Å². The van der Waals surface area contributed by atoms with Gasteiger partial charge in [-0.2, -0.15) is 0 Å². The van der Waals surface area contributed by atoms with Crippen molar-refractivity contribution in [2.75, 3.05) is 12.8 Å². The fourth-order valence-corrected chi connectivity index (χ4v) is 5.01. The van der Waals surface area contributed by atoms with Crippen LogP contribution in [0.15, 0.2) is 48.7 Å². The van der Waals surface area contributed by atoms with Gasteiger partial charge in [0.25, 0.3) is 0 Å². The molecule has 2 N–H and O–H groups in total. The number of halogens is 3.